The van der Waals surface area contributed by atoms with Crippen LogP contribution in [0.4, 0.5) is 17.1 Å². The molecule has 5 heteroatoms. The number of ether oxygens (including phenoxy) is 1. The molecule has 1 aliphatic heterocycles. The second-order valence-electron chi connectivity index (χ2n) is 6.23. The smallest absolute Gasteiger partial charge is 0.246 e. The molecule has 2 aromatic rings. The molecule has 2 N–H and O–H groups in total. The first-order chi connectivity index (χ1) is 12.1. The first kappa shape index (κ1) is 17.1. The molecule has 3 rings (SSSR count). The Morgan fingerprint density at radius 1 is 1.24 bits per heavy atom. The zero-order valence-corrected chi connectivity index (χ0v) is 14.8. The van der Waals surface area contributed by atoms with E-state index in [1.54, 1.807) is 0 Å². The van der Waals surface area contributed by atoms with E-state index in [4.69, 9.17) is 10.5 Å². The summed E-state index contributed by atoms with van der Waals surface area (Å²) in [6.45, 7) is 5.74. The third-order valence-corrected chi connectivity index (χ3v) is 4.51. The molecule has 0 bridgehead atoms. The second kappa shape index (κ2) is 7.47. The van der Waals surface area contributed by atoms with E-state index in [1.807, 2.05) is 60.4 Å². The van der Waals surface area contributed by atoms with E-state index in [2.05, 4.69) is 11.8 Å². The van der Waals surface area contributed by atoms with Gasteiger partial charge in [-0.2, -0.15) is 0 Å². The molecule has 0 spiro atoms. The summed E-state index contributed by atoms with van der Waals surface area (Å²) in [7, 11) is 0. The average Bonchev–Trinajstić information content (AvgIpc) is 2.62. The fourth-order valence-corrected chi connectivity index (χ4v) is 3.17. The van der Waals surface area contributed by atoms with E-state index in [9.17, 15) is 4.79 Å². The molecule has 0 saturated heterocycles. The van der Waals surface area contributed by atoms with Crippen LogP contribution in [0.5, 0.6) is 5.75 Å². The molecular weight excluding hydrogens is 314 g/mol. The van der Waals surface area contributed by atoms with E-state index in [-0.39, 0.29) is 12.0 Å². The minimum absolute atomic E-state index is 0.0638. The van der Waals surface area contributed by atoms with Crippen LogP contribution in [0.25, 0.3) is 0 Å². The molecule has 1 aliphatic rings. The van der Waals surface area contributed by atoms with Crippen molar-refractivity contribution in [2.24, 2.45) is 0 Å². The predicted octanol–water partition coefficient (Wildman–Crippen LogP) is 3.30. The number of nitrogens with zero attached hydrogens (tertiary/aromatic N) is 2. The Kier molecular flexibility index (Phi) is 5.12. The molecule has 132 valence electrons. The van der Waals surface area contributed by atoms with Gasteiger partial charge in [-0.1, -0.05) is 25.1 Å². The maximum Gasteiger partial charge on any atom is 0.246 e. The van der Waals surface area contributed by atoms with Gasteiger partial charge in [0.2, 0.25) is 5.91 Å². The summed E-state index contributed by atoms with van der Waals surface area (Å²) in [5, 5.41) is 0. The molecular formula is C20H25N3O2. The number of likely N-dealkylation sites (N-methyl/N-ethyl adjacent to an activating group) is 1. The highest BCUT2D eigenvalue weighted by Crippen LogP contribution is 2.35. The lowest BCUT2D eigenvalue weighted by Gasteiger charge is -2.36. The monoisotopic (exact) mass is 339 g/mol. The van der Waals surface area contributed by atoms with Crippen molar-refractivity contribution in [3.63, 3.8) is 0 Å². The van der Waals surface area contributed by atoms with E-state index in [1.165, 1.54) is 0 Å². The number of carbonyl (C=O) groups excluding carboxylic acids is 1. The van der Waals surface area contributed by atoms with Crippen LogP contribution in [-0.2, 0) is 4.79 Å². The summed E-state index contributed by atoms with van der Waals surface area (Å²) < 4.78 is 6.00. The van der Waals surface area contributed by atoms with Crippen molar-refractivity contribution in [1.29, 1.82) is 0 Å². The van der Waals surface area contributed by atoms with Crippen LogP contribution < -0.4 is 20.3 Å². The van der Waals surface area contributed by atoms with Crippen LogP contribution in [0.1, 0.15) is 20.3 Å². The fraction of sp³-hybridized carbons (Fsp3) is 0.350. The Labute approximate surface area is 149 Å². The molecule has 1 amide bonds. The van der Waals surface area contributed by atoms with Gasteiger partial charge in [-0.15, -0.1) is 0 Å². The quantitative estimate of drug-likeness (QED) is 0.849. The van der Waals surface area contributed by atoms with Crippen LogP contribution in [0.15, 0.2) is 48.5 Å². The third-order valence-electron chi connectivity index (χ3n) is 4.51. The zero-order valence-electron chi connectivity index (χ0n) is 14.8. The van der Waals surface area contributed by atoms with Crippen LogP contribution in [0, 0.1) is 0 Å². The number of carbonyl (C=O) groups is 1. The van der Waals surface area contributed by atoms with Gasteiger partial charge < -0.3 is 20.3 Å². The predicted molar refractivity (Wildman–Crippen MR) is 102 cm³/mol. The highest BCUT2D eigenvalue weighted by molar-refractivity contribution is 5.96. The topological polar surface area (TPSA) is 58.8 Å². The maximum absolute atomic E-state index is 12.9. The molecule has 0 aliphatic carbocycles. The molecule has 1 atom stereocenters. The van der Waals surface area contributed by atoms with Crippen molar-refractivity contribution in [2.45, 2.75) is 26.4 Å². The average molecular weight is 339 g/mol. The van der Waals surface area contributed by atoms with Crippen LogP contribution in [-0.4, -0.2) is 31.6 Å². The summed E-state index contributed by atoms with van der Waals surface area (Å²) in [6.07, 6.45) is 0.948. The highest BCUT2D eigenvalue weighted by Gasteiger charge is 2.27. The number of nitrogen functional groups attached to an aromatic ring is 1. The van der Waals surface area contributed by atoms with Crippen molar-refractivity contribution >= 4 is 23.0 Å². The Balaban J connectivity index is 1.83. The van der Waals surface area contributed by atoms with Crippen LogP contribution in [0.2, 0.25) is 0 Å². The Morgan fingerprint density at radius 3 is 2.68 bits per heavy atom. The van der Waals surface area contributed by atoms with Gasteiger partial charge in [-0.25, -0.2) is 0 Å². The molecule has 1 unspecified atom stereocenters. The van der Waals surface area contributed by atoms with Gasteiger partial charge in [-0.3, -0.25) is 4.79 Å². The third kappa shape index (κ3) is 3.71. The van der Waals surface area contributed by atoms with E-state index in [0.29, 0.717) is 25.3 Å². The van der Waals surface area contributed by atoms with E-state index < -0.39 is 0 Å². The first-order valence-electron chi connectivity index (χ1n) is 8.79. The summed E-state index contributed by atoms with van der Waals surface area (Å²) in [6, 6.07) is 15.4. The van der Waals surface area contributed by atoms with Gasteiger partial charge in [0.15, 0.2) is 0 Å². The van der Waals surface area contributed by atoms with E-state index >= 15 is 0 Å². The minimum atomic E-state index is 0.0638. The van der Waals surface area contributed by atoms with Gasteiger partial charge in [0.1, 0.15) is 11.9 Å². The van der Waals surface area contributed by atoms with Gasteiger partial charge in [0.25, 0.3) is 0 Å². The lowest BCUT2D eigenvalue weighted by molar-refractivity contribution is -0.117. The van der Waals surface area contributed by atoms with Crippen LogP contribution >= 0.6 is 0 Å². The molecule has 1 heterocycles. The number of rotatable bonds is 5. The normalized spacial score (nSPS) is 16.1. The summed E-state index contributed by atoms with van der Waals surface area (Å²) in [5.74, 6) is 0.835. The fourth-order valence-electron chi connectivity index (χ4n) is 3.17. The zero-order chi connectivity index (χ0) is 17.8. The van der Waals surface area contributed by atoms with Gasteiger partial charge in [0.05, 0.1) is 18.8 Å². The first-order valence-corrected chi connectivity index (χ1v) is 8.79. The SMILES string of the molecule is CCC1CN(CC(=O)N(CC)c2ccccc2)c2ccc(N)cc2O1. The van der Waals surface area contributed by atoms with Crippen LogP contribution in [0.3, 0.4) is 0 Å². The van der Waals surface area contributed by atoms with Crippen molar-refractivity contribution in [3.8, 4) is 5.75 Å². The summed E-state index contributed by atoms with van der Waals surface area (Å²) >= 11 is 0. The number of hydrogen-bond acceptors (Lipinski definition) is 4. The van der Waals surface area contributed by atoms with Crippen molar-refractivity contribution in [1.82, 2.24) is 0 Å². The van der Waals surface area contributed by atoms with Crippen molar-refractivity contribution in [3.05, 3.63) is 48.5 Å². The molecule has 0 saturated carbocycles. The number of para-hydroxylation sites is 1. The molecule has 0 fully saturated rings. The van der Waals surface area contributed by atoms with Gasteiger partial charge in [-0.05, 0) is 37.6 Å². The number of amides is 1. The van der Waals surface area contributed by atoms with Gasteiger partial charge >= 0.3 is 0 Å². The number of hydrogen-bond donors (Lipinski definition) is 1. The van der Waals surface area contributed by atoms with Crippen molar-refractivity contribution in [2.75, 3.05) is 35.2 Å². The summed E-state index contributed by atoms with van der Waals surface area (Å²) in [5.41, 5.74) is 8.41. The molecule has 5 nitrogen and oxygen atoms in total. The number of anilines is 3. The molecule has 0 radical (unpaired) electrons. The standard InChI is InChI=1S/C20H25N3O2/c1-3-17-13-22(18-11-10-15(21)12-19(18)25-17)14-20(24)23(4-2)16-8-6-5-7-9-16/h5-12,17H,3-4,13-14,21H2,1-2H3. The number of nitrogens with two attached hydrogens (primary N) is 1. The molecule has 25 heavy (non-hydrogen) atoms. The van der Waals surface area contributed by atoms with Gasteiger partial charge in [0, 0.05) is 24.0 Å². The maximum atomic E-state index is 12.9. The molecule has 0 aromatic heterocycles. The minimum Gasteiger partial charge on any atom is -0.486 e. The summed E-state index contributed by atoms with van der Waals surface area (Å²) in [4.78, 5) is 16.8. The second-order valence-corrected chi connectivity index (χ2v) is 6.23. The Hall–Kier alpha value is -2.69. The lowest BCUT2D eigenvalue weighted by Crippen LogP contribution is -2.46. The van der Waals surface area contributed by atoms with Crippen molar-refractivity contribution < 1.29 is 9.53 Å². The highest BCUT2D eigenvalue weighted by atomic mass is 16.5. The Morgan fingerprint density at radius 2 is 2.00 bits per heavy atom. The lowest BCUT2D eigenvalue weighted by atomic mass is 10.1. The Bertz CT molecular complexity index is 733. The molecule has 2 aromatic carbocycles. The van der Waals surface area contributed by atoms with E-state index in [0.717, 1.165) is 23.5 Å². The number of fused-ring (bicyclic) bond motifs is 1. The number of benzene rings is 2. The largest absolute Gasteiger partial charge is 0.486 e.